The molecule has 0 radical (unpaired) electrons. The van der Waals surface area contributed by atoms with Crippen LogP contribution in [0, 0.1) is 0 Å². The maximum Gasteiger partial charge on any atom is 0.343 e. The largest absolute Gasteiger partial charge is 0.467 e. The van der Waals surface area contributed by atoms with Crippen LogP contribution in [0.2, 0.25) is 0 Å². The number of rotatable bonds is 4. The molecular weight excluding hydrogens is 300 g/mol. The third-order valence-corrected chi connectivity index (χ3v) is 4.43. The van der Waals surface area contributed by atoms with Crippen molar-refractivity contribution in [3.05, 3.63) is 90.0 Å². The van der Waals surface area contributed by atoms with E-state index in [0.29, 0.717) is 0 Å². The molecule has 0 aromatic heterocycles. The lowest BCUT2D eigenvalue weighted by Crippen LogP contribution is -2.46. The summed E-state index contributed by atoms with van der Waals surface area (Å²) >= 11 is 0. The number of carbonyl (C=O) groups is 1. The van der Waals surface area contributed by atoms with Crippen molar-refractivity contribution in [2.45, 2.75) is 11.5 Å². The van der Waals surface area contributed by atoms with Crippen LogP contribution in [0.1, 0.15) is 17.0 Å². The molecule has 0 saturated carbocycles. The normalized spacial score (nSPS) is 22.8. The number of benzene rings is 2. The summed E-state index contributed by atoms with van der Waals surface area (Å²) in [6, 6.07) is 20.0. The van der Waals surface area contributed by atoms with Gasteiger partial charge in [0.2, 0.25) is 0 Å². The van der Waals surface area contributed by atoms with Gasteiger partial charge in [-0.05, 0) is 22.8 Å². The van der Waals surface area contributed by atoms with Crippen molar-refractivity contribution in [3.63, 3.8) is 0 Å². The monoisotopic (exact) mass is 320 g/mol. The van der Waals surface area contributed by atoms with Gasteiger partial charge in [-0.3, -0.25) is 0 Å². The van der Waals surface area contributed by atoms with Gasteiger partial charge in [0.05, 0.1) is 7.11 Å². The summed E-state index contributed by atoms with van der Waals surface area (Å²) in [4.78, 5) is 12.5. The zero-order valence-electron chi connectivity index (χ0n) is 13.8. The van der Waals surface area contributed by atoms with Crippen LogP contribution in [-0.2, 0) is 14.3 Å². The maximum atomic E-state index is 12.5. The molecule has 0 bridgehead atoms. The Morgan fingerprint density at radius 1 is 0.958 bits per heavy atom. The smallest absolute Gasteiger partial charge is 0.343 e. The minimum absolute atomic E-state index is 0.267. The average molecular weight is 320 g/mol. The highest BCUT2D eigenvalue weighted by Gasteiger charge is 2.46. The Bertz CT molecular complexity index is 762. The van der Waals surface area contributed by atoms with Crippen LogP contribution in [0.15, 0.2) is 78.9 Å². The molecule has 0 saturated heterocycles. The van der Waals surface area contributed by atoms with Crippen molar-refractivity contribution in [2.24, 2.45) is 0 Å². The van der Waals surface area contributed by atoms with Crippen molar-refractivity contribution >= 4 is 11.5 Å². The summed E-state index contributed by atoms with van der Waals surface area (Å²) in [6.45, 7) is 0. The first-order valence-electron chi connectivity index (χ1n) is 7.86. The molecular formula is C21H20O3. The van der Waals surface area contributed by atoms with Crippen molar-refractivity contribution in [3.8, 4) is 0 Å². The molecule has 3 nitrogen and oxygen atoms in total. The van der Waals surface area contributed by atoms with Gasteiger partial charge in [-0.2, -0.15) is 0 Å². The van der Waals surface area contributed by atoms with Crippen LogP contribution in [0.25, 0.3) is 5.57 Å². The molecule has 122 valence electrons. The standard InChI is InChI=1S/C21H20O3/c1-23-20(22)21(24-2)14-13-18(16-9-5-3-6-10-16)15-19(21)17-11-7-4-8-12-17/h3-15,19H,1-2H3. The quantitative estimate of drug-likeness (QED) is 0.799. The molecule has 3 rings (SSSR count). The first kappa shape index (κ1) is 16.2. The van der Waals surface area contributed by atoms with E-state index in [2.05, 4.69) is 18.2 Å². The lowest BCUT2D eigenvalue weighted by molar-refractivity contribution is -0.161. The average Bonchev–Trinajstić information content (AvgIpc) is 2.68. The number of hydrogen-bond donors (Lipinski definition) is 0. The summed E-state index contributed by atoms with van der Waals surface area (Å²) in [5, 5.41) is 0. The molecule has 2 atom stereocenters. The topological polar surface area (TPSA) is 35.5 Å². The molecule has 0 amide bonds. The second kappa shape index (κ2) is 6.85. The van der Waals surface area contributed by atoms with Gasteiger partial charge in [-0.1, -0.05) is 72.8 Å². The van der Waals surface area contributed by atoms with E-state index in [4.69, 9.17) is 9.47 Å². The SMILES string of the molecule is COC(=O)C1(OC)C=CC(c2ccccc2)=CC1c1ccccc1. The van der Waals surface area contributed by atoms with Crippen LogP contribution in [0.3, 0.4) is 0 Å². The van der Waals surface area contributed by atoms with E-state index < -0.39 is 11.6 Å². The molecule has 1 aliphatic rings. The molecule has 3 heteroatoms. The van der Waals surface area contributed by atoms with E-state index in [1.54, 1.807) is 13.2 Å². The van der Waals surface area contributed by atoms with Gasteiger partial charge in [-0.25, -0.2) is 4.79 Å². The zero-order valence-corrected chi connectivity index (χ0v) is 13.8. The number of ether oxygens (including phenoxy) is 2. The Morgan fingerprint density at radius 3 is 2.17 bits per heavy atom. The summed E-state index contributed by atoms with van der Waals surface area (Å²) in [7, 11) is 2.92. The number of carbonyl (C=O) groups excluding carboxylic acids is 1. The van der Waals surface area contributed by atoms with Crippen LogP contribution < -0.4 is 0 Å². The van der Waals surface area contributed by atoms with Crippen LogP contribution in [-0.4, -0.2) is 25.8 Å². The number of hydrogen-bond acceptors (Lipinski definition) is 3. The Labute approximate surface area is 142 Å². The summed E-state index contributed by atoms with van der Waals surface area (Å²) in [5.41, 5.74) is 2.00. The fourth-order valence-electron chi connectivity index (χ4n) is 3.14. The highest BCUT2D eigenvalue weighted by Crippen LogP contribution is 2.41. The number of esters is 1. The molecule has 2 unspecified atom stereocenters. The second-order valence-electron chi connectivity index (χ2n) is 5.70. The fourth-order valence-corrected chi connectivity index (χ4v) is 3.14. The van der Waals surface area contributed by atoms with Crippen molar-refractivity contribution in [1.29, 1.82) is 0 Å². The summed E-state index contributed by atoms with van der Waals surface area (Å²) in [6.07, 6.45) is 5.80. The van der Waals surface area contributed by atoms with E-state index in [1.807, 2.05) is 54.6 Å². The number of allylic oxidation sites excluding steroid dienone is 2. The third-order valence-electron chi connectivity index (χ3n) is 4.43. The molecule has 0 heterocycles. The zero-order chi connectivity index (χ0) is 17.0. The van der Waals surface area contributed by atoms with Gasteiger partial charge in [0, 0.05) is 13.0 Å². The molecule has 2 aromatic carbocycles. The predicted octanol–water partition coefficient (Wildman–Crippen LogP) is 3.98. The Morgan fingerprint density at radius 2 is 1.58 bits per heavy atom. The van der Waals surface area contributed by atoms with Crippen molar-refractivity contribution in [1.82, 2.24) is 0 Å². The first-order valence-corrected chi connectivity index (χ1v) is 7.86. The van der Waals surface area contributed by atoms with Crippen molar-refractivity contribution in [2.75, 3.05) is 14.2 Å². The predicted molar refractivity (Wildman–Crippen MR) is 94.5 cm³/mol. The Kier molecular flexibility index (Phi) is 4.63. The minimum atomic E-state index is -1.16. The molecule has 2 aromatic rings. The molecule has 1 aliphatic carbocycles. The van der Waals surface area contributed by atoms with E-state index in [9.17, 15) is 4.79 Å². The minimum Gasteiger partial charge on any atom is -0.467 e. The summed E-state index contributed by atoms with van der Waals surface area (Å²) < 4.78 is 10.7. The summed E-state index contributed by atoms with van der Waals surface area (Å²) in [5.74, 6) is -0.671. The van der Waals surface area contributed by atoms with Gasteiger partial charge >= 0.3 is 5.97 Å². The molecule has 0 spiro atoms. The molecule has 0 aliphatic heterocycles. The Hall–Kier alpha value is -2.65. The van der Waals surface area contributed by atoms with Crippen molar-refractivity contribution < 1.29 is 14.3 Å². The highest BCUT2D eigenvalue weighted by molar-refractivity contribution is 5.89. The van der Waals surface area contributed by atoms with E-state index in [0.717, 1.165) is 16.7 Å². The highest BCUT2D eigenvalue weighted by atomic mass is 16.6. The fraction of sp³-hybridized carbons (Fsp3) is 0.190. The lowest BCUT2D eigenvalue weighted by Gasteiger charge is -2.36. The first-order chi connectivity index (χ1) is 11.7. The van der Waals surface area contributed by atoms with Gasteiger partial charge in [0.1, 0.15) is 0 Å². The van der Waals surface area contributed by atoms with Gasteiger partial charge in [0.15, 0.2) is 5.60 Å². The van der Waals surface area contributed by atoms with E-state index >= 15 is 0 Å². The van der Waals surface area contributed by atoms with Crippen LogP contribution in [0.4, 0.5) is 0 Å². The lowest BCUT2D eigenvalue weighted by atomic mass is 9.76. The van der Waals surface area contributed by atoms with Crippen LogP contribution >= 0.6 is 0 Å². The second-order valence-corrected chi connectivity index (χ2v) is 5.70. The molecule has 24 heavy (non-hydrogen) atoms. The third kappa shape index (κ3) is 2.79. The van der Waals surface area contributed by atoms with Gasteiger partial charge in [0.25, 0.3) is 0 Å². The van der Waals surface area contributed by atoms with Gasteiger partial charge < -0.3 is 9.47 Å². The van der Waals surface area contributed by atoms with E-state index in [-0.39, 0.29) is 5.92 Å². The Balaban J connectivity index is 2.12. The molecule has 0 fully saturated rings. The number of methoxy groups -OCH3 is 2. The van der Waals surface area contributed by atoms with Gasteiger partial charge in [-0.15, -0.1) is 0 Å². The van der Waals surface area contributed by atoms with E-state index in [1.165, 1.54) is 7.11 Å². The molecule has 0 N–H and O–H groups in total. The maximum absolute atomic E-state index is 12.5. The van der Waals surface area contributed by atoms with Crippen LogP contribution in [0.5, 0.6) is 0 Å².